The van der Waals surface area contributed by atoms with Crippen molar-refractivity contribution in [3.05, 3.63) is 46.9 Å². The Kier molecular flexibility index (Phi) is 5.94. The highest BCUT2D eigenvalue weighted by Gasteiger charge is 2.33. The Hall–Kier alpha value is -3.31. The SMILES string of the molecule is COc1ccc(NC(=O)C2CCCN(S(=O)(=O)c3ccc4[nH]c(=O)oc4c3)C2)cc1OC. The molecule has 1 aromatic heterocycles. The molecule has 1 atom stereocenters. The molecular formula is C21H23N3O7S. The number of aromatic amines is 1. The molecular weight excluding hydrogens is 438 g/mol. The number of carbonyl (C=O) groups is 1. The molecule has 0 bridgehead atoms. The number of rotatable bonds is 6. The first-order chi connectivity index (χ1) is 15.3. The molecule has 0 aliphatic carbocycles. The van der Waals surface area contributed by atoms with Crippen LogP contribution in [0.4, 0.5) is 5.69 Å². The number of ether oxygens (including phenoxy) is 2. The highest BCUT2D eigenvalue weighted by atomic mass is 32.2. The van der Waals surface area contributed by atoms with Crippen molar-refractivity contribution < 1.29 is 27.1 Å². The number of nitrogens with one attached hydrogen (secondary N) is 2. The molecule has 2 N–H and O–H groups in total. The number of anilines is 1. The molecule has 32 heavy (non-hydrogen) atoms. The maximum absolute atomic E-state index is 13.2. The average Bonchev–Trinajstić information content (AvgIpc) is 3.18. The summed E-state index contributed by atoms with van der Waals surface area (Å²) in [5.74, 6) is -0.426. The van der Waals surface area contributed by atoms with E-state index in [0.29, 0.717) is 42.1 Å². The summed E-state index contributed by atoms with van der Waals surface area (Å²) in [6.07, 6.45) is 1.11. The first-order valence-electron chi connectivity index (χ1n) is 9.97. The molecule has 2 aromatic carbocycles. The van der Waals surface area contributed by atoms with Gasteiger partial charge in [-0.1, -0.05) is 0 Å². The van der Waals surface area contributed by atoms with Gasteiger partial charge in [0.1, 0.15) is 0 Å². The van der Waals surface area contributed by atoms with E-state index in [4.69, 9.17) is 13.9 Å². The molecule has 1 saturated heterocycles. The fourth-order valence-electron chi connectivity index (χ4n) is 3.77. The minimum Gasteiger partial charge on any atom is -0.493 e. The lowest BCUT2D eigenvalue weighted by atomic mass is 9.98. The number of sulfonamides is 1. The maximum atomic E-state index is 13.2. The van der Waals surface area contributed by atoms with Crippen molar-refractivity contribution >= 4 is 32.7 Å². The summed E-state index contributed by atoms with van der Waals surface area (Å²) in [6.45, 7) is 0.355. The molecule has 170 valence electrons. The van der Waals surface area contributed by atoms with E-state index in [1.807, 2.05) is 0 Å². The number of fused-ring (bicyclic) bond motifs is 1. The van der Waals surface area contributed by atoms with Gasteiger partial charge in [0.2, 0.25) is 15.9 Å². The summed E-state index contributed by atoms with van der Waals surface area (Å²) < 4.78 is 43.0. The quantitative estimate of drug-likeness (QED) is 0.575. The van der Waals surface area contributed by atoms with Gasteiger partial charge in [0.15, 0.2) is 17.1 Å². The third-order valence-electron chi connectivity index (χ3n) is 5.44. The largest absolute Gasteiger partial charge is 0.493 e. The smallest absolute Gasteiger partial charge is 0.417 e. The Balaban J connectivity index is 1.50. The zero-order chi connectivity index (χ0) is 22.9. The molecule has 2 heterocycles. The number of aromatic nitrogens is 1. The Labute approximate surface area is 184 Å². The van der Waals surface area contributed by atoms with Crippen molar-refractivity contribution in [3.63, 3.8) is 0 Å². The Bertz CT molecular complexity index is 1310. The Morgan fingerprint density at radius 2 is 1.94 bits per heavy atom. The molecule has 0 radical (unpaired) electrons. The summed E-state index contributed by atoms with van der Waals surface area (Å²) in [7, 11) is -0.837. The summed E-state index contributed by atoms with van der Waals surface area (Å²) in [6, 6.07) is 9.23. The van der Waals surface area contributed by atoms with Gasteiger partial charge >= 0.3 is 5.76 Å². The van der Waals surface area contributed by atoms with E-state index in [9.17, 15) is 18.0 Å². The van der Waals surface area contributed by atoms with Crippen molar-refractivity contribution in [2.75, 3.05) is 32.6 Å². The maximum Gasteiger partial charge on any atom is 0.417 e. The van der Waals surface area contributed by atoms with E-state index in [2.05, 4.69) is 10.3 Å². The number of methoxy groups -OCH3 is 2. The molecule has 10 nitrogen and oxygen atoms in total. The minimum atomic E-state index is -3.86. The number of hydrogen-bond acceptors (Lipinski definition) is 7. The molecule has 0 spiro atoms. The van der Waals surface area contributed by atoms with E-state index in [0.717, 1.165) is 0 Å². The predicted octanol–water partition coefficient (Wildman–Crippen LogP) is 2.18. The Morgan fingerprint density at radius 3 is 2.69 bits per heavy atom. The van der Waals surface area contributed by atoms with Gasteiger partial charge < -0.3 is 19.2 Å². The third kappa shape index (κ3) is 4.21. The first kappa shape index (κ1) is 21.9. The van der Waals surface area contributed by atoms with Crippen LogP contribution in [-0.2, 0) is 14.8 Å². The second-order valence-electron chi connectivity index (χ2n) is 7.43. The molecule has 1 fully saturated rings. The normalized spacial score (nSPS) is 17.2. The minimum absolute atomic E-state index is 0.00805. The van der Waals surface area contributed by atoms with Gasteiger partial charge in [-0.3, -0.25) is 9.78 Å². The van der Waals surface area contributed by atoms with Crippen LogP contribution in [0.2, 0.25) is 0 Å². The topological polar surface area (TPSA) is 131 Å². The molecule has 1 amide bonds. The van der Waals surface area contributed by atoms with Crippen LogP contribution in [0.5, 0.6) is 11.5 Å². The van der Waals surface area contributed by atoms with Gasteiger partial charge in [-0.2, -0.15) is 4.31 Å². The van der Waals surface area contributed by atoms with Gasteiger partial charge in [0.25, 0.3) is 0 Å². The average molecular weight is 461 g/mol. The zero-order valence-electron chi connectivity index (χ0n) is 17.6. The van der Waals surface area contributed by atoms with E-state index >= 15 is 0 Å². The second kappa shape index (κ2) is 8.67. The lowest BCUT2D eigenvalue weighted by molar-refractivity contribution is -0.120. The number of piperidine rings is 1. The summed E-state index contributed by atoms with van der Waals surface area (Å²) in [5.41, 5.74) is 1.11. The first-order valence-corrected chi connectivity index (χ1v) is 11.4. The van der Waals surface area contributed by atoms with Gasteiger partial charge in [-0.05, 0) is 37.1 Å². The number of benzene rings is 2. The van der Waals surface area contributed by atoms with Gasteiger partial charge in [-0.25, -0.2) is 13.2 Å². The molecule has 4 rings (SSSR count). The van der Waals surface area contributed by atoms with Crippen LogP contribution in [0.25, 0.3) is 11.1 Å². The van der Waals surface area contributed by atoms with Gasteiger partial charge in [0, 0.05) is 30.9 Å². The molecule has 3 aromatic rings. The monoisotopic (exact) mass is 461 g/mol. The summed E-state index contributed by atoms with van der Waals surface area (Å²) in [5, 5.41) is 2.83. The number of amides is 1. The van der Waals surface area contributed by atoms with E-state index < -0.39 is 21.7 Å². The van der Waals surface area contributed by atoms with Crippen LogP contribution in [0.1, 0.15) is 12.8 Å². The number of carbonyl (C=O) groups excluding carboxylic acids is 1. The van der Waals surface area contributed by atoms with E-state index in [1.54, 1.807) is 18.2 Å². The summed E-state index contributed by atoms with van der Waals surface area (Å²) in [4.78, 5) is 26.7. The van der Waals surface area contributed by atoms with Crippen LogP contribution in [0.3, 0.4) is 0 Å². The standard InChI is InChI=1S/C21H23N3O7S/c1-29-17-8-5-14(10-19(17)30-2)22-20(25)13-4-3-9-24(12-13)32(27,28)15-6-7-16-18(11-15)31-21(26)23-16/h5-8,10-11,13H,3-4,9,12H2,1-2H3,(H,22,25)(H,23,26). The number of hydrogen-bond donors (Lipinski definition) is 2. The van der Waals surface area contributed by atoms with Crippen molar-refractivity contribution in [1.82, 2.24) is 9.29 Å². The van der Waals surface area contributed by atoms with Crippen LogP contribution < -0.4 is 20.5 Å². The number of nitrogens with zero attached hydrogens (tertiary/aromatic N) is 1. The van der Waals surface area contributed by atoms with Gasteiger partial charge in [0.05, 0.1) is 30.5 Å². The molecule has 1 aliphatic rings. The van der Waals surface area contributed by atoms with Gasteiger partial charge in [-0.15, -0.1) is 0 Å². The summed E-state index contributed by atoms with van der Waals surface area (Å²) >= 11 is 0. The lowest BCUT2D eigenvalue weighted by Gasteiger charge is -2.31. The number of H-pyrrole nitrogens is 1. The zero-order valence-corrected chi connectivity index (χ0v) is 18.4. The van der Waals surface area contributed by atoms with Crippen molar-refractivity contribution in [1.29, 1.82) is 0 Å². The van der Waals surface area contributed by atoms with Crippen molar-refractivity contribution in [3.8, 4) is 11.5 Å². The van der Waals surface area contributed by atoms with Crippen LogP contribution in [-0.4, -0.2) is 50.9 Å². The second-order valence-corrected chi connectivity index (χ2v) is 9.37. The molecule has 1 aliphatic heterocycles. The van der Waals surface area contributed by atoms with E-state index in [1.165, 1.54) is 36.7 Å². The fraction of sp³-hybridized carbons (Fsp3) is 0.333. The number of oxazole rings is 1. The lowest BCUT2D eigenvalue weighted by Crippen LogP contribution is -2.43. The predicted molar refractivity (Wildman–Crippen MR) is 116 cm³/mol. The van der Waals surface area contributed by atoms with Crippen molar-refractivity contribution in [2.45, 2.75) is 17.7 Å². The van der Waals surface area contributed by atoms with E-state index in [-0.39, 0.29) is 22.9 Å². The fourth-order valence-corrected chi connectivity index (χ4v) is 5.31. The third-order valence-corrected chi connectivity index (χ3v) is 7.30. The molecule has 0 saturated carbocycles. The highest BCUT2D eigenvalue weighted by Crippen LogP contribution is 2.31. The van der Waals surface area contributed by atoms with Crippen molar-refractivity contribution in [2.24, 2.45) is 5.92 Å². The van der Waals surface area contributed by atoms with Crippen LogP contribution in [0.15, 0.2) is 50.5 Å². The van der Waals surface area contributed by atoms with Crippen LogP contribution in [0, 0.1) is 5.92 Å². The molecule has 1 unspecified atom stereocenters. The highest BCUT2D eigenvalue weighted by molar-refractivity contribution is 7.89. The Morgan fingerprint density at radius 1 is 1.16 bits per heavy atom. The van der Waals surface area contributed by atoms with Crippen LogP contribution >= 0.6 is 0 Å². The molecule has 11 heteroatoms.